The van der Waals surface area contributed by atoms with Crippen molar-refractivity contribution in [1.82, 2.24) is 4.72 Å². The van der Waals surface area contributed by atoms with Crippen LogP contribution in [0.5, 0.6) is 0 Å². The number of hydrogen-bond acceptors (Lipinski definition) is 4. The van der Waals surface area contributed by atoms with Crippen LogP contribution in [0.1, 0.15) is 23.2 Å². The molecule has 2 N–H and O–H groups in total. The first kappa shape index (κ1) is 15.2. The van der Waals surface area contributed by atoms with Gasteiger partial charge in [-0.15, -0.1) is 0 Å². The molecule has 1 aliphatic heterocycles. The number of nitrogens with one attached hydrogen (secondary N) is 1. The summed E-state index contributed by atoms with van der Waals surface area (Å²) in [6, 6.07) is 3.37. The van der Waals surface area contributed by atoms with Gasteiger partial charge in [-0.2, -0.15) is 0 Å². The molecular weight excluding hydrogens is 306 g/mol. The number of sulfonamides is 1. The number of carboxylic acids is 1. The highest BCUT2D eigenvalue weighted by Gasteiger charge is 2.25. The first-order valence-electron chi connectivity index (χ1n) is 6.03. The highest BCUT2D eigenvalue weighted by atomic mass is 35.5. The van der Waals surface area contributed by atoms with Gasteiger partial charge in [0.15, 0.2) is 0 Å². The SMILES string of the molecule is O=C(O)c1ccc(Cl)c(S(=O)(=O)NC2CCOCC2)c1. The molecule has 0 saturated carbocycles. The zero-order chi connectivity index (χ0) is 14.8. The van der Waals surface area contributed by atoms with Gasteiger partial charge in [0.05, 0.1) is 10.6 Å². The van der Waals surface area contributed by atoms with E-state index in [0.717, 1.165) is 6.07 Å². The van der Waals surface area contributed by atoms with E-state index < -0.39 is 16.0 Å². The zero-order valence-electron chi connectivity index (χ0n) is 10.5. The maximum absolute atomic E-state index is 12.3. The minimum absolute atomic E-state index is 0.00504. The molecule has 1 saturated heterocycles. The van der Waals surface area contributed by atoms with Crippen LogP contribution in [0.2, 0.25) is 5.02 Å². The Morgan fingerprint density at radius 1 is 1.35 bits per heavy atom. The molecule has 1 aromatic rings. The standard InChI is InChI=1S/C12H14ClNO5S/c13-10-2-1-8(12(15)16)7-11(10)20(17,18)14-9-3-5-19-6-4-9/h1-2,7,9,14H,3-6H2,(H,15,16). The second-order valence-corrected chi connectivity index (χ2v) is 6.55. The molecule has 2 rings (SSSR count). The van der Waals surface area contributed by atoms with Crippen molar-refractivity contribution in [3.8, 4) is 0 Å². The van der Waals surface area contributed by atoms with Crippen LogP contribution >= 0.6 is 11.6 Å². The lowest BCUT2D eigenvalue weighted by Crippen LogP contribution is -2.39. The highest BCUT2D eigenvalue weighted by molar-refractivity contribution is 7.89. The van der Waals surface area contributed by atoms with E-state index in [1.54, 1.807) is 0 Å². The van der Waals surface area contributed by atoms with Gasteiger partial charge >= 0.3 is 5.97 Å². The van der Waals surface area contributed by atoms with Crippen LogP contribution in [0.4, 0.5) is 0 Å². The number of carboxylic acid groups (broad SMARTS) is 1. The first-order chi connectivity index (χ1) is 9.40. The Bertz CT molecular complexity index is 610. The number of carbonyl (C=O) groups is 1. The van der Waals surface area contributed by atoms with E-state index in [1.807, 2.05) is 0 Å². The number of benzene rings is 1. The third kappa shape index (κ3) is 3.49. The van der Waals surface area contributed by atoms with Crippen molar-refractivity contribution in [2.75, 3.05) is 13.2 Å². The van der Waals surface area contributed by atoms with Gasteiger partial charge < -0.3 is 9.84 Å². The lowest BCUT2D eigenvalue weighted by atomic mass is 10.1. The molecule has 0 radical (unpaired) electrons. The van der Waals surface area contributed by atoms with E-state index in [2.05, 4.69) is 4.72 Å². The topological polar surface area (TPSA) is 92.7 Å². The number of aromatic carboxylic acids is 1. The molecule has 1 aromatic carbocycles. The average Bonchev–Trinajstić information content (AvgIpc) is 2.39. The minimum atomic E-state index is -3.85. The van der Waals surface area contributed by atoms with Crippen molar-refractivity contribution in [3.63, 3.8) is 0 Å². The first-order valence-corrected chi connectivity index (χ1v) is 7.89. The normalized spacial score (nSPS) is 17.1. The maximum atomic E-state index is 12.3. The van der Waals surface area contributed by atoms with Crippen LogP contribution in [-0.2, 0) is 14.8 Å². The molecular formula is C12H14ClNO5S. The maximum Gasteiger partial charge on any atom is 0.335 e. The van der Waals surface area contributed by atoms with E-state index in [4.69, 9.17) is 21.4 Å². The van der Waals surface area contributed by atoms with Crippen LogP contribution in [0, 0.1) is 0 Å². The van der Waals surface area contributed by atoms with E-state index in [-0.39, 0.29) is 21.5 Å². The van der Waals surface area contributed by atoms with Crippen LogP contribution in [0.3, 0.4) is 0 Å². The van der Waals surface area contributed by atoms with Crippen molar-refractivity contribution in [2.45, 2.75) is 23.8 Å². The van der Waals surface area contributed by atoms with Gasteiger partial charge in [-0.05, 0) is 31.0 Å². The predicted molar refractivity (Wildman–Crippen MR) is 72.6 cm³/mol. The van der Waals surface area contributed by atoms with Gasteiger partial charge in [-0.3, -0.25) is 0 Å². The molecule has 110 valence electrons. The molecule has 0 aromatic heterocycles. The smallest absolute Gasteiger partial charge is 0.335 e. The van der Waals surface area contributed by atoms with Crippen molar-refractivity contribution in [3.05, 3.63) is 28.8 Å². The van der Waals surface area contributed by atoms with Gasteiger partial charge in [0.1, 0.15) is 4.90 Å². The van der Waals surface area contributed by atoms with E-state index in [0.29, 0.717) is 26.1 Å². The molecule has 1 aliphatic rings. The highest BCUT2D eigenvalue weighted by Crippen LogP contribution is 2.23. The molecule has 1 heterocycles. The average molecular weight is 320 g/mol. The number of rotatable bonds is 4. The molecule has 0 unspecified atom stereocenters. The number of halogens is 1. The summed E-state index contributed by atoms with van der Waals surface area (Å²) in [5.41, 5.74) is -0.123. The summed E-state index contributed by atoms with van der Waals surface area (Å²) in [5.74, 6) is -1.20. The molecule has 0 aliphatic carbocycles. The lowest BCUT2D eigenvalue weighted by molar-refractivity contribution is 0.0696. The van der Waals surface area contributed by atoms with Crippen LogP contribution in [-0.4, -0.2) is 38.7 Å². The monoisotopic (exact) mass is 319 g/mol. The zero-order valence-corrected chi connectivity index (χ0v) is 12.1. The molecule has 0 atom stereocenters. The summed E-state index contributed by atoms with van der Waals surface area (Å²) in [4.78, 5) is 10.7. The van der Waals surface area contributed by atoms with Crippen LogP contribution in [0.15, 0.2) is 23.1 Å². The Labute approximate surface area is 121 Å². The second kappa shape index (κ2) is 6.09. The summed E-state index contributed by atoms with van der Waals surface area (Å²) >= 11 is 5.87. The molecule has 1 fully saturated rings. The van der Waals surface area contributed by atoms with E-state index >= 15 is 0 Å². The van der Waals surface area contributed by atoms with Gasteiger partial charge in [-0.1, -0.05) is 11.6 Å². The fourth-order valence-electron chi connectivity index (χ4n) is 1.94. The minimum Gasteiger partial charge on any atom is -0.478 e. The third-order valence-corrected chi connectivity index (χ3v) is 5.01. The van der Waals surface area contributed by atoms with Gasteiger partial charge in [-0.25, -0.2) is 17.9 Å². The van der Waals surface area contributed by atoms with Gasteiger partial charge in [0.2, 0.25) is 10.0 Å². The summed E-state index contributed by atoms with van der Waals surface area (Å²) in [6.45, 7) is 0.992. The molecule has 0 amide bonds. The molecule has 8 heteroatoms. The Hall–Kier alpha value is -1.15. The Balaban J connectivity index is 2.28. The van der Waals surface area contributed by atoms with E-state index in [1.165, 1.54) is 12.1 Å². The van der Waals surface area contributed by atoms with Crippen molar-refractivity contribution >= 4 is 27.6 Å². The number of ether oxygens (including phenoxy) is 1. The van der Waals surface area contributed by atoms with Crippen molar-refractivity contribution in [1.29, 1.82) is 0 Å². The summed E-state index contributed by atoms with van der Waals surface area (Å²) in [5, 5.41) is 8.91. The lowest BCUT2D eigenvalue weighted by Gasteiger charge is -2.23. The Kier molecular flexibility index (Phi) is 4.64. The van der Waals surface area contributed by atoms with Crippen molar-refractivity contribution in [2.24, 2.45) is 0 Å². The summed E-state index contributed by atoms with van der Waals surface area (Å²) in [6.07, 6.45) is 1.16. The fourth-order valence-corrected chi connectivity index (χ4v) is 3.77. The molecule has 0 spiro atoms. The summed E-state index contributed by atoms with van der Waals surface area (Å²) < 4.78 is 32.2. The molecule has 20 heavy (non-hydrogen) atoms. The van der Waals surface area contributed by atoms with Crippen molar-refractivity contribution < 1.29 is 23.1 Å². The fraction of sp³-hybridized carbons (Fsp3) is 0.417. The van der Waals surface area contributed by atoms with E-state index in [9.17, 15) is 13.2 Å². The second-order valence-electron chi connectivity index (χ2n) is 4.46. The molecule has 6 nitrogen and oxygen atoms in total. The predicted octanol–water partition coefficient (Wildman–Crippen LogP) is 1.50. The third-order valence-electron chi connectivity index (χ3n) is 3.01. The van der Waals surface area contributed by atoms with Crippen LogP contribution < -0.4 is 4.72 Å². The summed E-state index contributed by atoms with van der Waals surface area (Å²) in [7, 11) is -3.85. The van der Waals surface area contributed by atoms with Gasteiger partial charge in [0.25, 0.3) is 0 Å². The quantitative estimate of drug-likeness (QED) is 0.877. The Morgan fingerprint density at radius 3 is 2.60 bits per heavy atom. The number of hydrogen-bond donors (Lipinski definition) is 2. The van der Waals surface area contributed by atoms with Crippen LogP contribution in [0.25, 0.3) is 0 Å². The largest absolute Gasteiger partial charge is 0.478 e. The Morgan fingerprint density at radius 2 is 2.00 bits per heavy atom. The molecule has 0 bridgehead atoms. The van der Waals surface area contributed by atoms with Gasteiger partial charge in [0, 0.05) is 19.3 Å².